The van der Waals surface area contributed by atoms with Crippen LogP contribution in [0, 0.1) is 0 Å². The van der Waals surface area contributed by atoms with Crippen LogP contribution in [0.15, 0.2) is 60.7 Å². The minimum atomic E-state index is -3.69. The molecule has 1 aliphatic rings. The highest BCUT2D eigenvalue weighted by Gasteiger charge is 2.54. The number of hydrogen-bond donors (Lipinski definition) is 1. The summed E-state index contributed by atoms with van der Waals surface area (Å²) in [5.41, 5.74) is 1.05. The minimum absolute atomic E-state index is 0.00689. The van der Waals surface area contributed by atoms with Crippen LogP contribution in [0.4, 0.5) is 0 Å². The Balaban J connectivity index is 1.87. The normalized spacial score (nSPS) is 23.2. The fourth-order valence-electron chi connectivity index (χ4n) is 4.12. The smallest absolute Gasteiger partial charge is 0.338 e. The third kappa shape index (κ3) is 7.21. The highest BCUT2D eigenvalue weighted by Crippen LogP contribution is 2.55. The van der Waals surface area contributed by atoms with E-state index in [1.54, 1.807) is 0 Å². The molecule has 1 N–H and O–H groups in total. The Morgan fingerprint density at radius 2 is 1.54 bits per heavy atom. The lowest BCUT2D eigenvalue weighted by Crippen LogP contribution is -2.50. The number of hydrogen-bond acceptors (Lipinski definition) is 8. The molecule has 3 rings (SSSR count). The number of ether oxygens (including phenoxy) is 4. The molecule has 0 spiro atoms. The van der Waals surface area contributed by atoms with E-state index in [4.69, 9.17) is 28.0 Å². The van der Waals surface area contributed by atoms with Crippen molar-refractivity contribution in [2.75, 3.05) is 27.9 Å². The lowest BCUT2D eigenvalue weighted by atomic mass is 10.1. The average molecular weight is 508 g/mol. The molecule has 2 aromatic rings. The second-order valence-corrected chi connectivity index (χ2v) is 10.6. The highest BCUT2D eigenvalue weighted by atomic mass is 31.2. The zero-order valence-electron chi connectivity index (χ0n) is 20.5. The molecule has 0 aromatic heterocycles. The van der Waals surface area contributed by atoms with Gasteiger partial charge in [0.05, 0.1) is 19.8 Å². The van der Waals surface area contributed by atoms with Gasteiger partial charge in [-0.3, -0.25) is 9.36 Å². The Hall–Kier alpha value is -2.10. The molecule has 0 unspecified atom stereocenters. The van der Waals surface area contributed by atoms with Gasteiger partial charge >= 0.3 is 7.60 Å². The standard InChI is InChI=1S/C25H34NO8P/c1-18(27)26-22-24(33-16-20-13-9-6-10-14-20)23(34-25(22)29-2)21(35(28,30-3)31-4)17-32-15-19-11-7-5-8-12-19/h5-14,21-25H,15-17H2,1-4H3,(H,26,27)/t21-,22-,23-,24-,25-/m1/s1. The third-order valence-electron chi connectivity index (χ3n) is 5.84. The van der Waals surface area contributed by atoms with Gasteiger partial charge in [-0.2, -0.15) is 0 Å². The number of carbonyl (C=O) groups is 1. The molecule has 1 heterocycles. The van der Waals surface area contributed by atoms with Gasteiger partial charge in [-0.05, 0) is 11.1 Å². The topological polar surface area (TPSA) is 102 Å². The number of rotatable bonds is 13. The first kappa shape index (κ1) is 27.5. The van der Waals surface area contributed by atoms with Gasteiger partial charge in [0.25, 0.3) is 0 Å². The Bertz CT molecular complexity index is 952. The maximum atomic E-state index is 13.6. The fraction of sp³-hybridized carbons (Fsp3) is 0.480. The molecular formula is C25H34NO8P. The molecule has 10 heteroatoms. The summed E-state index contributed by atoms with van der Waals surface area (Å²) in [5.74, 6) is -0.270. The van der Waals surface area contributed by atoms with Crippen LogP contribution >= 0.6 is 7.60 Å². The van der Waals surface area contributed by atoms with Crippen molar-refractivity contribution in [1.29, 1.82) is 0 Å². The van der Waals surface area contributed by atoms with Crippen LogP contribution < -0.4 is 5.32 Å². The molecule has 1 fully saturated rings. The summed E-state index contributed by atoms with van der Waals surface area (Å²) in [6, 6.07) is 18.6. The first-order valence-electron chi connectivity index (χ1n) is 11.4. The molecule has 35 heavy (non-hydrogen) atoms. The Kier molecular flexibility index (Phi) is 10.4. The Labute approximate surface area is 206 Å². The van der Waals surface area contributed by atoms with E-state index in [0.29, 0.717) is 6.61 Å². The molecule has 2 aromatic carbocycles. The predicted molar refractivity (Wildman–Crippen MR) is 130 cm³/mol. The van der Waals surface area contributed by atoms with E-state index in [1.807, 2.05) is 60.7 Å². The zero-order valence-corrected chi connectivity index (χ0v) is 21.4. The quantitative estimate of drug-likeness (QED) is 0.411. The average Bonchev–Trinajstić information content (AvgIpc) is 3.22. The van der Waals surface area contributed by atoms with Crippen LogP contribution in [-0.4, -0.2) is 64.0 Å². The van der Waals surface area contributed by atoms with Crippen LogP contribution in [0.25, 0.3) is 0 Å². The second kappa shape index (κ2) is 13.3. The molecule has 0 aliphatic carbocycles. The Morgan fingerprint density at radius 3 is 2.06 bits per heavy atom. The molecule has 0 bridgehead atoms. The van der Waals surface area contributed by atoms with Crippen molar-refractivity contribution in [2.24, 2.45) is 0 Å². The first-order chi connectivity index (χ1) is 16.9. The number of nitrogens with one attached hydrogen (secondary N) is 1. The SMILES string of the molecule is CO[C@@H]1O[C@H]([C@@H](COCc2ccccc2)P(=O)(OC)OC)[C@H](OCc2ccccc2)[C@H]1NC(C)=O. The lowest BCUT2D eigenvalue weighted by molar-refractivity contribution is -0.136. The third-order valence-corrected chi connectivity index (χ3v) is 8.12. The van der Waals surface area contributed by atoms with Crippen molar-refractivity contribution in [3.05, 3.63) is 71.8 Å². The van der Waals surface area contributed by atoms with Gasteiger partial charge in [-0.1, -0.05) is 60.7 Å². The van der Waals surface area contributed by atoms with Gasteiger partial charge in [-0.15, -0.1) is 0 Å². The van der Waals surface area contributed by atoms with Crippen LogP contribution in [-0.2, 0) is 50.6 Å². The fourth-order valence-corrected chi connectivity index (χ4v) is 5.70. The number of carbonyl (C=O) groups excluding carboxylic acids is 1. The van der Waals surface area contributed by atoms with E-state index >= 15 is 0 Å². The first-order valence-corrected chi connectivity index (χ1v) is 13.0. The van der Waals surface area contributed by atoms with Crippen molar-refractivity contribution in [3.8, 4) is 0 Å². The van der Waals surface area contributed by atoms with E-state index in [2.05, 4.69) is 5.32 Å². The molecule has 1 aliphatic heterocycles. The molecule has 1 saturated heterocycles. The Morgan fingerprint density at radius 1 is 0.971 bits per heavy atom. The molecule has 5 atom stereocenters. The van der Waals surface area contributed by atoms with E-state index in [9.17, 15) is 9.36 Å². The van der Waals surface area contributed by atoms with Crippen molar-refractivity contribution in [3.63, 3.8) is 0 Å². The van der Waals surface area contributed by atoms with Crippen LogP contribution in [0.1, 0.15) is 18.1 Å². The molecule has 1 amide bonds. The van der Waals surface area contributed by atoms with Crippen molar-refractivity contribution in [1.82, 2.24) is 5.32 Å². The summed E-state index contributed by atoms with van der Waals surface area (Å²) < 4.78 is 48.2. The number of methoxy groups -OCH3 is 1. The van der Waals surface area contributed by atoms with Crippen LogP contribution in [0.3, 0.4) is 0 Å². The number of benzene rings is 2. The van der Waals surface area contributed by atoms with Crippen molar-refractivity contribution < 1.29 is 37.4 Å². The summed E-state index contributed by atoms with van der Waals surface area (Å²) in [7, 11) is 0.428. The summed E-state index contributed by atoms with van der Waals surface area (Å²) in [5, 5.41) is 2.86. The van der Waals surface area contributed by atoms with Crippen molar-refractivity contribution >= 4 is 13.5 Å². The lowest BCUT2D eigenvalue weighted by Gasteiger charge is -2.32. The van der Waals surface area contributed by atoms with E-state index < -0.39 is 37.8 Å². The maximum absolute atomic E-state index is 13.6. The summed E-state index contributed by atoms with van der Waals surface area (Å²) in [6.07, 6.45) is -2.36. The largest absolute Gasteiger partial charge is 0.376 e. The van der Waals surface area contributed by atoms with E-state index in [-0.39, 0.29) is 19.1 Å². The van der Waals surface area contributed by atoms with E-state index in [0.717, 1.165) is 11.1 Å². The monoisotopic (exact) mass is 507 g/mol. The van der Waals surface area contributed by atoms with Gasteiger partial charge < -0.3 is 33.3 Å². The molecule has 9 nitrogen and oxygen atoms in total. The number of amides is 1. The van der Waals surface area contributed by atoms with Gasteiger partial charge in [0, 0.05) is 28.3 Å². The van der Waals surface area contributed by atoms with Gasteiger partial charge in [0.15, 0.2) is 6.29 Å². The summed E-state index contributed by atoms with van der Waals surface area (Å²) >= 11 is 0. The second-order valence-electron chi connectivity index (χ2n) is 8.17. The summed E-state index contributed by atoms with van der Waals surface area (Å²) in [4.78, 5) is 12.0. The predicted octanol–water partition coefficient (Wildman–Crippen LogP) is 3.52. The van der Waals surface area contributed by atoms with Gasteiger partial charge in [-0.25, -0.2) is 0 Å². The van der Waals surface area contributed by atoms with Gasteiger partial charge in [0.1, 0.15) is 23.9 Å². The molecule has 0 saturated carbocycles. The minimum Gasteiger partial charge on any atom is -0.376 e. The molecule has 192 valence electrons. The van der Waals surface area contributed by atoms with Crippen molar-refractivity contribution in [2.45, 2.75) is 50.3 Å². The van der Waals surface area contributed by atoms with Crippen LogP contribution in [0.2, 0.25) is 0 Å². The maximum Gasteiger partial charge on any atom is 0.338 e. The molecular weight excluding hydrogens is 473 g/mol. The van der Waals surface area contributed by atoms with Crippen LogP contribution in [0.5, 0.6) is 0 Å². The molecule has 0 radical (unpaired) electrons. The summed E-state index contributed by atoms with van der Waals surface area (Å²) in [6.45, 7) is 1.96. The highest BCUT2D eigenvalue weighted by molar-refractivity contribution is 7.54. The van der Waals surface area contributed by atoms with Gasteiger partial charge in [0.2, 0.25) is 5.91 Å². The zero-order chi connectivity index (χ0) is 25.3. The van der Waals surface area contributed by atoms with E-state index in [1.165, 1.54) is 28.3 Å².